The maximum absolute atomic E-state index is 13.0. The molecular weight excluding hydrogens is 478 g/mol. The molecule has 2 aromatic carbocycles. The molecule has 2 aliphatic rings. The van der Waals surface area contributed by atoms with Gasteiger partial charge in [0.1, 0.15) is 6.61 Å². The highest BCUT2D eigenvalue weighted by Crippen LogP contribution is 2.33. The van der Waals surface area contributed by atoms with E-state index in [-0.39, 0.29) is 45.3 Å². The number of nitrogens with one attached hydrogen (secondary N) is 2. The molecule has 10 nitrogen and oxygen atoms in total. The van der Waals surface area contributed by atoms with E-state index in [1.54, 1.807) is 38.1 Å². The van der Waals surface area contributed by atoms with E-state index < -0.39 is 42.4 Å². The summed E-state index contributed by atoms with van der Waals surface area (Å²) >= 11 is 6.16. The number of hydrogen-bond acceptors (Lipinski definition) is 7. The molecule has 35 heavy (non-hydrogen) atoms. The molecule has 0 saturated heterocycles. The first kappa shape index (κ1) is 24.0. The molecule has 2 aromatic rings. The fraction of sp³-hybridized carbons (Fsp3) is 0.208. The van der Waals surface area contributed by atoms with Crippen molar-refractivity contribution in [2.75, 3.05) is 18.1 Å². The zero-order valence-corrected chi connectivity index (χ0v) is 19.5. The van der Waals surface area contributed by atoms with Gasteiger partial charge in [-0.05, 0) is 44.2 Å². The van der Waals surface area contributed by atoms with Crippen LogP contribution in [0, 0.1) is 0 Å². The summed E-state index contributed by atoms with van der Waals surface area (Å²) in [5.74, 6) is -2.66. The molecule has 180 valence electrons. The molecule has 11 heteroatoms. The summed E-state index contributed by atoms with van der Waals surface area (Å²) in [4.78, 5) is 63.6. The molecular formula is C24H20ClN3O7. The van der Waals surface area contributed by atoms with E-state index >= 15 is 0 Å². The van der Waals surface area contributed by atoms with Crippen molar-refractivity contribution >= 4 is 47.1 Å². The molecule has 0 spiro atoms. The number of hydrogen-bond donors (Lipinski definition) is 2. The topological polar surface area (TPSA) is 131 Å². The minimum absolute atomic E-state index is 0.0116. The Kier molecular flexibility index (Phi) is 6.57. The minimum Gasteiger partial charge on any atom is -0.463 e. The monoisotopic (exact) mass is 497 g/mol. The molecule has 2 heterocycles. The largest absolute Gasteiger partial charge is 0.463 e. The molecule has 4 rings (SSSR count). The number of imide groups is 1. The molecule has 0 saturated carbocycles. The van der Waals surface area contributed by atoms with Crippen molar-refractivity contribution < 1.29 is 33.4 Å². The van der Waals surface area contributed by atoms with E-state index in [9.17, 15) is 24.0 Å². The second-order valence-corrected chi connectivity index (χ2v) is 8.07. The van der Waals surface area contributed by atoms with Crippen LogP contribution in [-0.2, 0) is 14.3 Å². The van der Waals surface area contributed by atoms with Crippen molar-refractivity contribution in [2.45, 2.75) is 19.9 Å². The molecule has 2 N–H and O–H groups in total. The number of urea groups is 1. The number of amides is 4. The van der Waals surface area contributed by atoms with Gasteiger partial charge in [0.25, 0.3) is 11.8 Å². The van der Waals surface area contributed by atoms with E-state index in [4.69, 9.17) is 21.1 Å². The second-order valence-electron chi connectivity index (χ2n) is 7.67. The van der Waals surface area contributed by atoms with Gasteiger partial charge in [0.2, 0.25) is 0 Å². The summed E-state index contributed by atoms with van der Waals surface area (Å²) in [7, 11) is 0. The molecule has 0 bridgehead atoms. The van der Waals surface area contributed by atoms with Gasteiger partial charge in [-0.25, -0.2) is 19.3 Å². The Morgan fingerprint density at radius 1 is 1.00 bits per heavy atom. The van der Waals surface area contributed by atoms with E-state index in [1.165, 1.54) is 18.2 Å². The van der Waals surface area contributed by atoms with Crippen LogP contribution in [0.2, 0.25) is 5.02 Å². The number of fused-ring (bicyclic) bond motifs is 1. The lowest BCUT2D eigenvalue weighted by Gasteiger charge is -2.26. The number of esters is 2. The van der Waals surface area contributed by atoms with Crippen molar-refractivity contribution in [3.8, 4) is 0 Å². The summed E-state index contributed by atoms with van der Waals surface area (Å²) in [6.07, 6.45) is 0. The average Bonchev–Trinajstić information content (AvgIpc) is 3.07. The Hall–Kier alpha value is -4.18. The molecule has 4 amide bonds. The smallest absolute Gasteiger partial charge is 0.338 e. The SMILES string of the molecule is CCOC(=O)C1=C(COC(=O)c2ccc3c(c2)C(=O)N(c2ccccc2Cl)C3=O)NC(=O)NC1C. The minimum atomic E-state index is -0.819. The Labute approximate surface area is 204 Å². The fourth-order valence-electron chi connectivity index (χ4n) is 3.83. The number of ether oxygens (including phenoxy) is 2. The van der Waals surface area contributed by atoms with E-state index in [0.717, 1.165) is 4.90 Å². The maximum atomic E-state index is 13.0. The first-order valence-electron chi connectivity index (χ1n) is 10.6. The van der Waals surface area contributed by atoms with Crippen molar-refractivity contribution in [3.63, 3.8) is 0 Å². The lowest BCUT2D eigenvalue weighted by Crippen LogP contribution is -2.50. The number of rotatable bonds is 6. The number of nitrogens with zero attached hydrogens (tertiary/aromatic N) is 1. The highest BCUT2D eigenvalue weighted by Gasteiger charge is 2.38. The first-order valence-corrected chi connectivity index (χ1v) is 11.0. The van der Waals surface area contributed by atoms with Gasteiger partial charge in [0, 0.05) is 0 Å². The molecule has 0 fully saturated rings. The molecule has 0 radical (unpaired) electrons. The van der Waals surface area contributed by atoms with Gasteiger partial charge in [0.05, 0.1) is 51.3 Å². The lowest BCUT2D eigenvalue weighted by molar-refractivity contribution is -0.139. The molecule has 0 aromatic heterocycles. The van der Waals surface area contributed by atoms with Gasteiger partial charge in [0.15, 0.2) is 0 Å². The van der Waals surface area contributed by atoms with Crippen LogP contribution >= 0.6 is 11.6 Å². The number of carbonyl (C=O) groups excluding carboxylic acids is 5. The number of para-hydroxylation sites is 1. The summed E-state index contributed by atoms with van der Waals surface area (Å²) in [5.41, 5.74) is 0.615. The highest BCUT2D eigenvalue weighted by molar-refractivity contribution is 6.39. The zero-order valence-electron chi connectivity index (χ0n) is 18.7. The third-order valence-electron chi connectivity index (χ3n) is 5.43. The van der Waals surface area contributed by atoms with Gasteiger partial charge in [-0.2, -0.15) is 0 Å². The first-order chi connectivity index (χ1) is 16.7. The normalized spacial score (nSPS) is 17.1. The van der Waals surface area contributed by atoms with Gasteiger partial charge < -0.3 is 20.1 Å². The Bertz CT molecular complexity index is 1300. The Balaban J connectivity index is 1.56. The van der Waals surface area contributed by atoms with Crippen LogP contribution in [0.1, 0.15) is 44.9 Å². The summed E-state index contributed by atoms with van der Waals surface area (Å²) in [6.45, 7) is 2.95. The quantitative estimate of drug-likeness (QED) is 0.463. The van der Waals surface area contributed by atoms with Crippen LogP contribution in [0.15, 0.2) is 53.7 Å². The van der Waals surface area contributed by atoms with Crippen LogP contribution in [-0.4, -0.2) is 49.0 Å². The van der Waals surface area contributed by atoms with Crippen molar-refractivity contribution in [2.24, 2.45) is 0 Å². The predicted molar refractivity (Wildman–Crippen MR) is 124 cm³/mol. The van der Waals surface area contributed by atoms with Crippen LogP contribution in [0.5, 0.6) is 0 Å². The highest BCUT2D eigenvalue weighted by atomic mass is 35.5. The van der Waals surface area contributed by atoms with Gasteiger partial charge in [-0.15, -0.1) is 0 Å². The number of benzene rings is 2. The van der Waals surface area contributed by atoms with Crippen molar-refractivity contribution in [1.29, 1.82) is 0 Å². The third-order valence-corrected chi connectivity index (χ3v) is 5.75. The van der Waals surface area contributed by atoms with E-state index in [2.05, 4.69) is 10.6 Å². The predicted octanol–water partition coefficient (Wildman–Crippen LogP) is 2.82. The molecule has 1 atom stereocenters. The van der Waals surface area contributed by atoms with Crippen LogP contribution in [0.3, 0.4) is 0 Å². The van der Waals surface area contributed by atoms with Crippen LogP contribution in [0.4, 0.5) is 10.5 Å². The van der Waals surface area contributed by atoms with Crippen molar-refractivity contribution in [1.82, 2.24) is 10.6 Å². The molecule has 1 unspecified atom stereocenters. The van der Waals surface area contributed by atoms with Crippen LogP contribution in [0.25, 0.3) is 0 Å². The Morgan fingerprint density at radius 3 is 2.43 bits per heavy atom. The van der Waals surface area contributed by atoms with Gasteiger partial charge in [-0.1, -0.05) is 23.7 Å². The fourth-order valence-corrected chi connectivity index (χ4v) is 4.05. The molecule has 2 aliphatic heterocycles. The molecule has 0 aliphatic carbocycles. The van der Waals surface area contributed by atoms with E-state index in [0.29, 0.717) is 0 Å². The zero-order chi connectivity index (χ0) is 25.3. The number of carbonyl (C=O) groups is 5. The Morgan fingerprint density at radius 2 is 1.71 bits per heavy atom. The number of halogens is 1. The maximum Gasteiger partial charge on any atom is 0.338 e. The average molecular weight is 498 g/mol. The second kappa shape index (κ2) is 9.59. The third kappa shape index (κ3) is 4.47. The summed E-state index contributed by atoms with van der Waals surface area (Å²) < 4.78 is 10.3. The van der Waals surface area contributed by atoms with Crippen LogP contribution < -0.4 is 15.5 Å². The summed E-state index contributed by atoms with van der Waals surface area (Å²) in [5, 5.41) is 5.23. The lowest BCUT2D eigenvalue weighted by atomic mass is 10.0. The van der Waals surface area contributed by atoms with E-state index in [1.807, 2.05) is 0 Å². The van der Waals surface area contributed by atoms with Crippen molar-refractivity contribution in [3.05, 3.63) is 75.4 Å². The summed E-state index contributed by atoms with van der Waals surface area (Å²) in [6, 6.07) is 9.19. The van der Waals surface area contributed by atoms with Gasteiger partial charge >= 0.3 is 18.0 Å². The number of anilines is 1. The van der Waals surface area contributed by atoms with Gasteiger partial charge in [-0.3, -0.25) is 9.59 Å². The standard InChI is InChI=1S/C24H20ClN3O7/c1-3-34-23(32)19-12(2)26-24(33)27-17(19)11-35-22(31)13-8-9-14-15(10-13)21(30)28(20(14)29)18-7-5-4-6-16(18)25/h4-10,12H,3,11H2,1-2H3,(H2,26,27,33).